The molecule has 0 aromatic heterocycles. The molecule has 3 rings (SSSR count). The lowest BCUT2D eigenvalue weighted by Crippen LogP contribution is -2.04. The van der Waals surface area contributed by atoms with Crippen LogP contribution in [-0.4, -0.2) is 18.0 Å². The van der Waals surface area contributed by atoms with Gasteiger partial charge < -0.3 is 9.90 Å². The van der Waals surface area contributed by atoms with Crippen LogP contribution in [0.25, 0.3) is 5.57 Å². The van der Waals surface area contributed by atoms with Gasteiger partial charge in [-0.05, 0) is 97.2 Å². The minimum Gasteiger partial charge on any atom is -0.392 e. The molecule has 0 radical (unpaired) electrons. The van der Waals surface area contributed by atoms with Crippen molar-refractivity contribution in [2.45, 2.75) is 94.4 Å². The Morgan fingerprint density at radius 3 is 1.64 bits per heavy atom. The summed E-state index contributed by atoms with van der Waals surface area (Å²) < 4.78 is 1.24. The average molecular weight is 636 g/mol. The van der Waals surface area contributed by atoms with E-state index >= 15 is 0 Å². The standard InChI is InChI=1S/2C14H20O.C11H15Br/c2*1-10(2)7-13-8-11(3)5-6-14(13)12(4)9-15;1-8(2)6-10-7-9(3)4-5-11(10)12/h5-6,8-10,12H,7H2,1-4H3;5-6,8,10,15H,4,7,9H2,1-3H3;4-5,7-8H,6H2,1-3H3. The number of carbonyl (C=O) groups is 1. The highest BCUT2D eigenvalue weighted by molar-refractivity contribution is 9.10. The second-order valence-electron chi connectivity index (χ2n) is 12.9. The van der Waals surface area contributed by atoms with E-state index in [4.69, 9.17) is 5.11 Å². The predicted molar refractivity (Wildman–Crippen MR) is 187 cm³/mol. The second kappa shape index (κ2) is 18.9. The summed E-state index contributed by atoms with van der Waals surface area (Å²) in [5, 5.41) is 9.12. The Balaban J connectivity index is 0.000000317. The van der Waals surface area contributed by atoms with Crippen molar-refractivity contribution in [3.8, 4) is 0 Å². The van der Waals surface area contributed by atoms with Gasteiger partial charge in [0.2, 0.25) is 0 Å². The molecule has 0 amide bonds. The summed E-state index contributed by atoms with van der Waals surface area (Å²) in [5.74, 6) is 1.99. The quantitative estimate of drug-likeness (QED) is 0.225. The van der Waals surface area contributed by atoms with E-state index in [-0.39, 0.29) is 12.5 Å². The Hall–Kier alpha value is -2.49. The van der Waals surface area contributed by atoms with E-state index in [1.54, 1.807) is 0 Å². The Morgan fingerprint density at radius 1 is 0.714 bits per heavy atom. The van der Waals surface area contributed by atoms with Gasteiger partial charge in [-0.25, -0.2) is 0 Å². The Kier molecular flexibility index (Phi) is 16.9. The van der Waals surface area contributed by atoms with Gasteiger partial charge in [0, 0.05) is 10.4 Å². The third-order valence-electron chi connectivity index (χ3n) is 6.91. The van der Waals surface area contributed by atoms with Crippen molar-refractivity contribution >= 4 is 27.8 Å². The summed E-state index contributed by atoms with van der Waals surface area (Å²) in [6.07, 6.45) is 4.27. The minimum absolute atomic E-state index is 0.0133. The summed E-state index contributed by atoms with van der Waals surface area (Å²) in [6, 6.07) is 19.2. The van der Waals surface area contributed by atoms with Crippen molar-refractivity contribution < 1.29 is 9.90 Å². The van der Waals surface area contributed by atoms with Gasteiger partial charge in [-0.3, -0.25) is 0 Å². The first-order valence-corrected chi connectivity index (χ1v) is 16.2. The summed E-state index contributed by atoms with van der Waals surface area (Å²) in [6.45, 7) is 25.5. The van der Waals surface area contributed by atoms with Crippen molar-refractivity contribution in [3.63, 3.8) is 0 Å². The second-order valence-corrected chi connectivity index (χ2v) is 13.8. The molecule has 0 saturated carbocycles. The topological polar surface area (TPSA) is 37.3 Å². The molecular weight excluding hydrogens is 580 g/mol. The number of halogens is 1. The van der Waals surface area contributed by atoms with Crippen LogP contribution in [0.2, 0.25) is 0 Å². The highest BCUT2D eigenvalue weighted by Gasteiger charge is 2.11. The normalized spacial score (nSPS) is 11.5. The summed E-state index contributed by atoms with van der Waals surface area (Å²) in [4.78, 5) is 10.8. The lowest BCUT2D eigenvalue weighted by Gasteiger charge is -2.14. The fourth-order valence-corrected chi connectivity index (χ4v) is 5.34. The molecule has 0 saturated heterocycles. The molecule has 0 aliphatic heterocycles. The molecule has 0 bridgehead atoms. The van der Waals surface area contributed by atoms with Gasteiger partial charge in [0.05, 0.1) is 6.61 Å². The van der Waals surface area contributed by atoms with E-state index in [1.807, 2.05) is 6.92 Å². The van der Waals surface area contributed by atoms with E-state index < -0.39 is 0 Å². The van der Waals surface area contributed by atoms with Gasteiger partial charge in [-0.2, -0.15) is 0 Å². The summed E-state index contributed by atoms with van der Waals surface area (Å²) in [5.41, 5.74) is 11.0. The zero-order chi connectivity index (χ0) is 32.0. The zero-order valence-electron chi connectivity index (χ0n) is 27.9. The molecule has 0 heterocycles. The molecule has 3 aromatic carbocycles. The van der Waals surface area contributed by atoms with Crippen LogP contribution >= 0.6 is 15.9 Å². The third kappa shape index (κ3) is 13.7. The van der Waals surface area contributed by atoms with Crippen LogP contribution < -0.4 is 0 Å². The van der Waals surface area contributed by atoms with Gasteiger partial charge in [-0.15, -0.1) is 0 Å². The maximum absolute atomic E-state index is 10.8. The van der Waals surface area contributed by atoms with Crippen LogP contribution in [0.5, 0.6) is 0 Å². The molecule has 0 fully saturated rings. The molecule has 230 valence electrons. The Bertz CT molecular complexity index is 1270. The number of hydrogen-bond donors (Lipinski definition) is 1. The Morgan fingerprint density at radius 2 is 1.14 bits per heavy atom. The molecular formula is C39H55BrO2. The van der Waals surface area contributed by atoms with Crippen LogP contribution in [0.3, 0.4) is 0 Å². The highest BCUT2D eigenvalue weighted by atomic mass is 79.9. The number of carbonyl (C=O) groups excluding carboxylic acids is 1. The first kappa shape index (κ1) is 37.5. The fraction of sp³-hybridized carbons (Fsp3) is 0.462. The molecule has 42 heavy (non-hydrogen) atoms. The van der Waals surface area contributed by atoms with Crippen molar-refractivity contribution in [2.75, 3.05) is 6.61 Å². The van der Waals surface area contributed by atoms with Crippen LogP contribution in [0, 0.1) is 38.5 Å². The lowest BCUT2D eigenvalue weighted by molar-refractivity contribution is -0.108. The highest BCUT2D eigenvalue weighted by Crippen LogP contribution is 2.24. The van der Waals surface area contributed by atoms with Crippen LogP contribution in [0.4, 0.5) is 0 Å². The number of hydrogen-bond acceptors (Lipinski definition) is 2. The van der Waals surface area contributed by atoms with E-state index in [1.165, 1.54) is 43.4 Å². The van der Waals surface area contributed by atoms with Crippen molar-refractivity contribution in [3.05, 3.63) is 110 Å². The molecule has 0 spiro atoms. The van der Waals surface area contributed by atoms with Gasteiger partial charge in [0.1, 0.15) is 6.29 Å². The van der Waals surface area contributed by atoms with Crippen LogP contribution in [0.1, 0.15) is 98.9 Å². The van der Waals surface area contributed by atoms with Crippen LogP contribution in [-0.2, 0) is 24.1 Å². The minimum atomic E-state index is 0.0133. The third-order valence-corrected chi connectivity index (χ3v) is 7.68. The van der Waals surface area contributed by atoms with E-state index in [0.29, 0.717) is 11.8 Å². The maximum Gasteiger partial charge on any atom is 0.127 e. The fourth-order valence-electron chi connectivity index (χ4n) is 4.93. The molecule has 3 heteroatoms. The van der Waals surface area contributed by atoms with E-state index in [2.05, 4.69) is 139 Å². The number of aliphatic hydroxyl groups excluding tert-OH is 1. The molecule has 3 aromatic rings. The number of aldehydes is 1. The van der Waals surface area contributed by atoms with Gasteiger partial charge >= 0.3 is 0 Å². The summed E-state index contributed by atoms with van der Waals surface area (Å²) in [7, 11) is 0. The molecule has 0 aliphatic rings. The van der Waals surface area contributed by atoms with E-state index in [9.17, 15) is 4.79 Å². The molecule has 1 unspecified atom stereocenters. The van der Waals surface area contributed by atoms with Crippen molar-refractivity contribution in [1.29, 1.82) is 0 Å². The number of aliphatic hydroxyl groups is 1. The first-order chi connectivity index (χ1) is 19.7. The number of rotatable bonds is 10. The first-order valence-electron chi connectivity index (χ1n) is 15.4. The van der Waals surface area contributed by atoms with Gasteiger partial charge in [0.25, 0.3) is 0 Å². The zero-order valence-corrected chi connectivity index (χ0v) is 29.4. The number of aryl methyl sites for hydroxylation is 3. The molecule has 1 atom stereocenters. The lowest BCUT2D eigenvalue weighted by atomic mass is 9.90. The Labute approximate surface area is 265 Å². The molecule has 0 aliphatic carbocycles. The van der Waals surface area contributed by atoms with E-state index in [0.717, 1.165) is 42.6 Å². The monoisotopic (exact) mass is 634 g/mol. The maximum atomic E-state index is 10.8. The van der Waals surface area contributed by atoms with Crippen molar-refractivity contribution in [2.24, 2.45) is 17.8 Å². The predicted octanol–water partition coefficient (Wildman–Crippen LogP) is 10.7. The SMILES string of the molecule is C=C(CO)c1ccc(C)cc1CC(C)C.Cc1ccc(Br)c(CC(C)C)c1.Cc1ccc(C(C)C=O)c(CC(C)C)c1. The average Bonchev–Trinajstić information content (AvgIpc) is 2.90. The summed E-state index contributed by atoms with van der Waals surface area (Å²) >= 11 is 3.56. The largest absolute Gasteiger partial charge is 0.392 e. The van der Waals surface area contributed by atoms with Gasteiger partial charge in [-0.1, -0.05) is 136 Å². The molecule has 2 nitrogen and oxygen atoms in total. The smallest absolute Gasteiger partial charge is 0.127 e. The molecule has 1 N–H and O–H groups in total. The van der Waals surface area contributed by atoms with Crippen LogP contribution in [0.15, 0.2) is 65.6 Å². The van der Waals surface area contributed by atoms with Gasteiger partial charge in [0.15, 0.2) is 0 Å². The number of benzene rings is 3. The van der Waals surface area contributed by atoms with Crippen molar-refractivity contribution in [1.82, 2.24) is 0 Å².